The van der Waals surface area contributed by atoms with E-state index in [2.05, 4.69) is 10.4 Å². The van der Waals surface area contributed by atoms with Crippen LogP contribution in [0.4, 0.5) is 4.79 Å². The van der Waals surface area contributed by atoms with Crippen molar-refractivity contribution in [1.29, 1.82) is 0 Å². The summed E-state index contributed by atoms with van der Waals surface area (Å²) in [6, 6.07) is -0.992. The highest BCUT2D eigenvalue weighted by Crippen LogP contribution is 2.36. The smallest absolute Gasteiger partial charge is 0.317 e. The molecule has 27 heavy (non-hydrogen) atoms. The summed E-state index contributed by atoms with van der Waals surface area (Å²) in [5.74, 6) is -0.933. The van der Waals surface area contributed by atoms with Crippen molar-refractivity contribution in [2.24, 2.45) is 12.5 Å². The largest absolute Gasteiger partial charge is 0.481 e. The highest BCUT2D eigenvalue weighted by Gasteiger charge is 2.45. The molecule has 0 aliphatic carbocycles. The average molecular weight is 377 g/mol. The molecule has 1 unspecified atom stereocenters. The Bertz CT molecular complexity index is 804. The van der Waals surface area contributed by atoms with Gasteiger partial charge >= 0.3 is 12.0 Å². The minimum atomic E-state index is -0.921. The van der Waals surface area contributed by atoms with Crippen molar-refractivity contribution in [1.82, 2.24) is 24.9 Å². The van der Waals surface area contributed by atoms with E-state index in [1.165, 1.54) is 4.90 Å². The van der Waals surface area contributed by atoms with E-state index in [-0.39, 0.29) is 37.0 Å². The molecular formula is C18H27N5O4. The third kappa shape index (κ3) is 3.15. The van der Waals surface area contributed by atoms with Crippen molar-refractivity contribution in [3.63, 3.8) is 0 Å². The van der Waals surface area contributed by atoms with Gasteiger partial charge in [0.15, 0.2) is 0 Å². The number of hydrogen-bond acceptors (Lipinski definition) is 4. The van der Waals surface area contributed by atoms with Gasteiger partial charge in [-0.25, -0.2) is 4.79 Å². The number of hydrogen-bond donors (Lipinski definition) is 2. The molecule has 2 saturated heterocycles. The van der Waals surface area contributed by atoms with Crippen LogP contribution in [0.5, 0.6) is 0 Å². The van der Waals surface area contributed by atoms with Gasteiger partial charge in [-0.1, -0.05) is 0 Å². The number of rotatable bonds is 3. The molecule has 0 radical (unpaired) electrons. The van der Waals surface area contributed by atoms with Gasteiger partial charge in [0, 0.05) is 44.9 Å². The van der Waals surface area contributed by atoms with Crippen LogP contribution < -0.4 is 5.32 Å². The second kappa shape index (κ2) is 6.54. The number of carbonyl (C=O) groups excluding carboxylic acids is 2. The molecule has 2 aliphatic heterocycles. The molecule has 0 saturated carbocycles. The number of carbonyl (C=O) groups is 3. The molecule has 0 bridgehead atoms. The number of likely N-dealkylation sites (N-methyl/N-ethyl adjacent to an activating group) is 1. The highest BCUT2D eigenvalue weighted by atomic mass is 16.4. The fraction of sp³-hybridized carbons (Fsp3) is 0.667. The summed E-state index contributed by atoms with van der Waals surface area (Å²) in [5, 5.41) is 16.8. The van der Waals surface area contributed by atoms with Gasteiger partial charge in [-0.3, -0.25) is 14.3 Å². The van der Waals surface area contributed by atoms with Crippen molar-refractivity contribution >= 4 is 17.9 Å². The SMILES string of the molecule is Cc1nn(C)c(C)c1[C@H]1[C@H](NC(=O)N2CCC(C)(C(=O)O)C2)CC(=O)N1C. The summed E-state index contributed by atoms with van der Waals surface area (Å²) in [5.41, 5.74) is 1.82. The standard InChI is InChI=1S/C18H27N5O4/c1-10-14(11(2)22(5)20-10)15-12(8-13(24)21(15)4)19-17(27)23-7-6-18(3,9-23)16(25)26/h12,15H,6-9H2,1-5H3,(H,19,27)(H,25,26)/t12-,15-,18?/m1/s1. The van der Waals surface area contributed by atoms with Crippen LogP contribution in [0.25, 0.3) is 0 Å². The number of nitrogens with zero attached hydrogens (tertiary/aromatic N) is 4. The molecule has 9 heteroatoms. The van der Waals surface area contributed by atoms with E-state index < -0.39 is 11.4 Å². The zero-order chi connectivity index (χ0) is 20.1. The van der Waals surface area contributed by atoms with Crippen molar-refractivity contribution < 1.29 is 19.5 Å². The Balaban J connectivity index is 1.80. The van der Waals surface area contributed by atoms with E-state index in [0.717, 1.165) is 17.0 Å². The van der Waals surface area contributed by atoms with Crippen LogP contribution in [0.1, 0.15) is 42.8 Å². The monoisotopic (exact) mass is 377 g/mol. The van der Waals surface area contributed by atoms with Crippen molar-refractivity contribution in [2.45, 2.75) is 45.7 Å². The van der Waals surface area contributed by atoms with E-state index >= 15 is 0 Å². The van der Waals surface area contributed by atoms with Gasteiger partial charge in [0.05, 0.1) is 23.2 Å². The molecule has 148 valence electrons. The molecule has 3 heterocycles. The fourth-order valence-corrected chi connectivity index (χ4v) is 4.17. The quantitative estimate of drug-likeness (QED) is 0.811. The molecule has 9 nitrogen and oxygen atoms in total. The lowest BCUT2D eigenvalue weighted by molar-refractivity contribution is -0.147. The topological polar surface area (TPSA) is 108 Å². The summed E-state index contributed by atoms with van der Waals surface area (Å²) in [7, 11) is 3.59. The first kappa shape index (κ1) is 19.2. The molecule has 0 spiro atoms. The van der Waals surface area contributed by atoms with E-state index in [1.807, 2.05) is 20.9 Å². The molecule has 1 aromatic heterocycles. The van der Waals surface area contributed by atoms with E-state index in [1.54, 1.807) is 23.6 Å². The molecule has 1 aromatic rings. The molecule has 2 aliphatic rings. The first-order valence-electron chi connectivity index (χ1n) is 9.10. The number of urea groups is 1. The second-order valence-corrected chi connectivity index (χ2v) is 7.96. The normalized spacial score (nSPS) is 28.1. The predicted octanol–water partition coefficient (Wildman–Crippen LogP) is 0.815. The zero-order valence-corrected chi connectivity index (χ0v) is 16.4. The molecule has 2 fully saturated rings. The number of aromatic nitrogens is 2. The molecule has 3 amide bonds. The summed E-state index contributed by atoms with van der Waals surface area (Å²) in [4.78, 5) is 39.7. The van der Waals surface area contributed by atoms with Gasteiger partial charge in [0.2, 0.25) is 5.91 Å². The second-order valence-electron chi connectivity index (χ2n) is 7.96. The fourth-order valence-electron chi connectivity index (χ4n) is 4.17. The summed E-state index contributed by atoms with van der Waals surface area (Å²) >= 11 is 0. The molecule has 2 N–H and O–H groups in total. The van der Waals surface area contributed by atoms with E-state index in [0.29, 0.717) is 13.0 Å². The van der Waals surface area contributed by atoms with Gasteiger partial charge in [0.1, 0.15) is 0 Å². The van der Waals surface area contributed by atoms with Crippen LogP contribution in [0, 0.1) is 19.3 Å². The lowest BCUT2D eigenvalue weighted by Gasteiger charge is -2.28. The summed E-state index contributed by atoms with van der Waals surface area (Å²) in [6.07, 6.45) is 0.633. The highest BCUT2D eigenvalue weighted by molar-refractivity contribution is 5.83. The summed E-state index contributed by atoms with van der Waals surface area (Å²) in [6.45, 7) is 6.06. The third-order valence-electron chi connectivity index (χ3n) is 6.03. The first-order valence-corrected chi connectivity index (χ1v) is 9.10. The Labute approximate surface area is 158 Å². The Morgan fingerprint density at radius 3 is 2.48 bits per heavy atom. The zero-order valence-electron chi connectivity index (χ0n) is 16.4. The molecule has 0 aromatic carbocycles. The third-order valence-corrected chi connectivity index (χ3v) is 6.03. The Morgan fingerprint density at radius 2 is 1.96 bits per heavy atom. The predicted molar refractivity (Wildman–Crippen MR) is 97.1 cm³/mol. The van der Waals surface area contributed by atoms with Crippen molar-refractivity contribution in [3.8, 4) is 0 Å². The number of carboxylic acid groups (broad SMARTS) is 1. The van der Waals surface area contributed by atoms with E-state index in [9.17, 15) is 19.5 Å². The number of carboxylic acids is 1. The number of amides is 3. The Morgan fingerprint density at radius 1 is 1.30 bits per heavy atom. The van der Waals surface area contributed by atoms with Crippen LogP contribution in [0.15, 0.2) is 0 Å². The van der Waals surface area contributed by atoms with Gasteiger partial charge < -0.3 is 20.2 Å². The molecular weight excluding hydrogens is 350 g/mol. The van der Waals surface area contributed by atoms with E-state index in [4.69, 9.17) is 0 Å². The van der Waals surface area contributed by atoms with Crippen LogP contribution in [-0.2, 0) is 16.6 Å². The molecule has 3 rings (SSSR count). The van der Waals surface area contributed by atoms with Crippen molar-refractivity contribution in [2.75, 3.05) is 20.1 Å². The van der Waals surface area contributed by atoms with Gasteiger partial charge in [-0.05, 0) is 27.2 Å². The number of nitrogens with one attached hydrogen (secondary N) is 1. The van der Waals surface area contributed by atoms with Crippen LogP contribution >= 0.6 is 0 Å². The maximum Gasteiger partial charge on any atom is 0.317 e. The lowest BCUT2D eigenvalue weighted by atomic mass is 9.90. The lowest BCUT2D eigenvalue weighted by Crippen LogP contribution is -2.47. The van der Waals surface area contributed by atoms with Crippen LogP contribution in [0.2, 0.25) is 0 Å². The maximum atomic E-state index is 12.7. The van der Waals surface area contributed by atoms with Gasteiger partial charge in [-0.2, -0.15) is 5.10 Å². The molecule has 3 atom stereocenters. The Hall–Kier alpha value is -2.58. The average Bonchev–Trinajstić information content (AvgIpc) is 3.19. The minimum absolute atomic E-state index is 0.0373. The number of aliphatic carboxylic acids is 1. The summed E-state index contributed by atoms with van der Waals surface area (Å²) < 4.78 is 1.78. The van der Waals surface area contributed by atoms with Crippen LogP contribution in [0.3, 0.4) is 0 Å². The first-order chi connectivity index (χ1) is 12.5. The van der Waals surface area contributed by atoms with Gasteiger partial charge in [0.25, 0.3) is 0 Å². The van der Waals surface area contributed by atoms with Crippen LogP contribution in [-0.4, -0.2) is 68.8 Å². The Kier molecular flexibility index (Phi) is 4.65. The minimum Gasteiger partial charge on any atom is -0.481 e. The van der Waals surface area contributed by atoms with Crippen molar-refractivity contribution in [3.05, 3.63) is 17.0 Å². The number of likely N-dealkylation sites (tertiary alicyclic amines) is 2. The number of aryl methyl sites for hydroxylation is 2. The van der Waals surface area contributed by atoms with Gasteiger partial charge in [-0.15, -0.1) is 0 Å². The maximum absolute atomic E-state index is 12.7.